The summed E-state index contributed by atoms with van der Waals surface area (Å²) in [7, 11) is 0. The van der Waals surface area contributed by atoms with Gasteiger partial charge in [-0.2, -0.15) is 0 Å². The summed E-state index contributed by atoms with van der Waals surface area (Å²) in [6.45, 7) is 9.15. The predicted octanol–water partition coefficient (Wildman–Crippen LogP) is 1.91. The first-order valence-electron chi connectivity index (χ1n) is 4.88. The largest absolute Gasteiger partial charge is 0.276 e. The lowest BCUT2D eigenvalue weighted by Crippen LogP contribution is -2.29. The molecule has 0 saturated carbocycles. The minimum absolute atomic E-state index is 0.282. The molecule has 1 unspecified atom stereocenters. The van der Waals surface area contributed by atoms with Gasteiger partial charge in [0.1, 0.15) is 6.17 Å². The summed E-state index contributed by atoms with van der Waals surface area (Å²) < 4.78 is 0. The number of aliphatic imine (C=N–C) groups is 1. The van der Waals surface area contributed by atoms with E-state index in [0.29, 0.717) is 6.17 Å². The van der Waals surface area contributed by atoms with Gasteiger partial charge in [0.15, 0.2) is 0 Å². The average molecular weight is 166 g/mol. The van der Waals surface area contributed by atoms with Crippen LogP contribution in [0.15, 0.2) is 4.99 Å². The van der Waals surface area contributed by atoms with Gasteiger partial charge in [-0.15, -0.1) is 0 Å². The van der Waals surface area contributed by atoms with Crippen LogP contribution >= 0.6 is 0 Å². The third kappa shape index (κ3) is 1.28. The van der Waals surface area contributed by atoms with Gasteiger partial charge in [-0.25, -0.2) is 0 Å². The van der Waals surface area contributed by atoms with E-state index in [2.05, 4.69) is 25.7 Å². The molecule has 2 aliphatic heterocycles. The van der Waals surface area contributed by atoms with Gasteiger partial charge >= 0.3 is 0 Å². The van der Waals surface area contributed by atoms with Crippen molar-refractivity contribution in [3.8, 4) is 0 Å². The Morgan fingerprint density at radius 2 is 2.17 bits per heavy atom. The van der Waals surface area contributed by atoms with Crippen LogP contribution in [-0.2, 0) is 0 Å². The summed E-state index contributed by atoms with van der Waals surface area (Å²) in [4.78, 5) is 7.26. The SMILES string of the molecule is CC(C)(C)C1=NC2CCCN2C1. The molecular weight excluding hydrogens is 148 g/mol. The van der Waals surface area contributed by atoms with Gasteiger partial charge in [0.25, 0.3) is 0 Å². The Morgan fingerprint density at radius 1 is 1.42 bits per heavy atom. The Hall–Kier alpha value is -0.370. The molecule has 0 aliphatic carbocycles. The molecular formula is C10H18N2. The van der Waals surface area contributed by atoms with Crippen LogP contribution in [0, 0.1) is 5.41 Å². The summed E-state index contributed by atoms with van der Waals surface area (Å²) >= 11 is 0. The number of hydrogen-bond donors (Lipinski definition) is 0. The quantitative estimate of drug-likeness (QED) is 0.536. The van der Waals surface area contributed by atoms with E-state index < -0.39 is 0 Å². The summed E-state index contributed by atoms with van der Waals surface area (Å²) in [5.74, 6) is 0. The van der Waals surface area contributed by atoms with E-state index >= 15 is 0 Å². The molecule has 12 heavy (non-hydrogen) atoms. The van der Waals surface area contributed by atoms with Crippen LogP contribution in [0.1, 0.15) is 33.6 Å². The standard InChI is InChI=1S/C10H18N2/c1-10(2,3)8-7-12-6-4-5-9(12)11-8/h9H,4-7H2,1-3H3. The Labute approximate surface area is 74.7 Å². The lowest BCUT2D eigenvalue weighted by Gasteiger charge is -2.19. The molecule has 0 radical (unpaired) electrons. The summed E-state index contributed by atoms with van der Waals surface area (Å²) in [5.41, 5.74) is 1.68. The lowest BCUT2D eigenvalue weighted by atomic mass is 9.90. The molecule has 2 heteroatoms. The Morgan fingerprint density at radius 3 is 2.75 bits per heavy atom. The summed E-state index contributed by atoms with van der Waals surface area (Å²) in [6, 6.07) is 0. The molecule has 0 aromatic rings. The maximum atomic E-state index is 4.76. The van der Waals surface area contributed by atoms with Gasteiger partial charge in [0.05, 0.1) is 0 Å². The van der Waals surface area contributed by atoms with Crippen molar-refractivity contribution in [2.45, 2.75) is 39.8 Å². The highest BCUT2D eigenvalue weighted by atomic mass is 15.3. The van der Waals surface area contributed by atoms with Crippen LogP contribution in [0.25, 0.3) is 0 Å². The Balaban J connectivity index is 2.12. The van der Waals surface area contributed by atoms with E-state index in [1.165, 1.54) is 25.1 Å². The Bertz CT molecular complexity index is 212. The molecule has 2 aliphatic rings. The zero-order valence-electron chi connectivity index (χ0n) is 8.30. The molecule has 0 amide bonds. The van der Waals surface area contributed by atoms with Gasteiger partial charge in [0.2, 0.25) is 0 Å². The summed E-state index contributed by atoms with van der Waals surface area (Å²) in [6.07, 6.45) is 3.16. The molecule has 2 rings (SSSR count). The molecule has 68 valence electrons. The number of hydrogen-bond acceptors (Lipinski definition) is 2. The van der Waals surface area contributed by atoms with Crippen LogP contribution in [0.4, 0.5) is 0 Å². The van der Waals surface area contributed by atoms with Crippen molar-refractivity contribution in [1.82, 2.24) is 4.90 Å². The third-order valence-corrected chi connectivity index (χ3v) is 2.85. The zero-order valence-corrected chi connectivity index (χ0v) is 8.30. The second kappa shape index (κ2) is 2.56. The van der Waals surface area contributed by atoms with Crippen molar-refractivity contribution < 1.29 is 0 Å². The molecule has 1 fully saturated rings. The van der Waals surface area contributed by atoms with Gasteiger partial charge in [-0.1, -0.05) is 20.8 Å². The molecule has 0 aromatic heterocycles. The van der Waals surface area contributed by atoms with Gasteiger partial charge in [0, 0.05) is 24.2 Å². The molecule has 0 aromatic carbocycles. The number of nitrogens with zero attached hydrogens (tertiary/aromatic N) is 2. The maximum absolute atomic E-state index is 4.76. The highest BCUT2D eigenvalue weighted by Gasteiger charge is 2.34. The van der Waals surface area contributed by atoms with E-state index in [-0.39, 0.29) is 5.41 Å². The minimum Gasteiger partial charge on any atom is -0.276 e. The smallest absolute Gasteiger partial charge is 0.102 e. The van der Waals surface area contributed by atoms with Crippen LogP contribution < -0.4 is 0 Å². The monoisotopic (exact) mass is 166 g/mol. The highest BCUT2D eigenvalue weighted by Crippen LogP contribution is 2.29. The topological polar surface area (TPSA) is 15.6 Å². The summed E-state index contributed by atoms with van der Waals surface area (Å²) in [5, 5.41) is 0. The van der Waals surface area contributed by atoms with E-state index in [1.807, 2.05) is 0 Å². The maximum Gasteiger partial charge on any atom is 0.102 e. The normalized spacial score (nSPS) is 30.6. The van der Waals surface area contributed by atoms with E-state index in [9.17, 15) is 0 Å². The fraction of sp³-hybridized carbons (Fsp3) is 0.900. The van der Waals surface area contributed by atoms with Gasteiger partial charge in [-0.05, 0) is 12.8 Å². The zero-order chi connectivity index (χ0) is 8.77. The van der Waals surface area contributed by atoms with Crippen LogP contribution in [0.5, 0.6) is 0 Å². The van der Waals surface area contributed by atoms with Crippen molar-refractivity contribution in [3.05, 3.63) is 0 Å². The second-order valence-electron chi connectivity index (χ2n) is 4.92. The molecule has 1 saturated heterocycles. The van der Waals surface area contributed by atoms with E-state index in [1.54, 1.807) is 0 Å². The van der Waals surface area contributed by atoms with Crippen molar-refractivity contribution in [3.63, 3.8) is 0 Å². The van der Waals surface area contributed by atoms with Crippen molar-refractivity contribution in [2.24, 2.45) is 10.4 Å². The third-order valence-electron chi connectivity index (χ3n) is 2.85. The first kappa shape index (κ1) is 8.24. The average Bonchev–Trinajstić information content (AvgIpc) is 2.37. The minimum atomic E-state index is 0.282. The van der Waals surface area contributed by atoms with E-state index in [0.717, 1.165) is 6.54 Å². The van der Waals surface area contributed by atoms with Crippen LogP contribution in [0.3, 0.4) is 0 Å². The first-order chi connectivity index (χ1) is 5.57. The second-order valence-corrected chi connectivity index (χ2v) is 4.92. The molecule has 0 bridgehead atoms. The van der Waals surface area contributed by atoms with Crippen LogP contribution in [-0.4, -0.2) is 29.9 Å². The van der Waals surface area contributed by atoms with Gasteiger partial charge in [-0.3, -0.25) is 9.89 Å². The fourth-order valence-corrected chi connectivity index (χ4v) is 1.98. The molecule has 0 spiro atoms. The molecule has 2 heterocycles. The Kier molecular flexibility index (Phi) is 1.76. The van der Waals surface area contributed by atoms with Gasteiger partial charge < -0.3 is 0 Å². The lowest BCUT2D eigenvalue weighted by molar-refractivity contribution is 0.320. The number of fused-ring (bicyclic) bond motifs is 1. The molecule has 1 atom stereocenters. The van der Waals surface area contributed by atoms with Crippen molar-refractivity contribution in [1.29, 1.82) is 0 Å². The predicted molar refractivity (Wildman–Crippen MR) is 51.5 cm³/mol. The molecule has 2 nitrogen and oxygen atoms in total. The van der Waals surface area contributed by atoms with Crippen LogP contribution in [0.2, 0.25) is 0 Å². The first-order valence-corrected chi connectivity index (χ1v) is 4.88. The van der Waals surface area contributed by atoms with E-state index in [4.69, 9.17) is 4.99 Å². The highest BCUT2D eigenvalue weighted by molar-refractivity contribution is 5.92. The number of rotatable bonds is 0. The fourth-order valence-electron chi connectivity index (χ4n) is 1.98. The van der Waals surface area contributed by atoms with Crippen molar-refractivity contribution >= 4 is 5.71 Å². The molecule has 0 N–H and O–H groups in total. The van der Waals surface area contributed by atoms with Crippen molar-refractivity contribution in [2.75, 3.05) is 13.1 Å².